The van der Waals surface area contributed by atoms with Crippen LogP contribution in [-0.2, 0) is 0 Å². The molecule has 0 unspecified atom stereocenters. The van der Waals surface area contributed by atoms with Crippen LogP contribution in [0.25, 0.3) is 0 Å². The van der Waals surface area contributed by atoms with Gasteiger partial charge in [-0.1, -0.05) is 0 Å². The van der Waals surface area contributed by atoms with E-state index < -0.39 is 7.12 Å². The Hall–Kier alpha value is -0.915. The van der Waals surface area contributed by atoms with Crippen molar-refractivity contribution in [1.82, 2.24) is 0 Å². The van der Waals surface area contributed by atoms with Crippen LogP contribution in [0.3, 0.4) is 0 Å². The molecule has 0 aromatic heterocycles. The molecule has 5 nitrogen and oxygen atoms in total. The second-order valence-corrected chi connectivity index (χ2v) is 3.72. The third-order valence-corrected chi connectivity index (χ3v) is 2.89. The van der Waals surface area contributed by atoms with E-state index in [4.69, 9.17) is 14.2 Å². The van der Waals surface area contributed by atoms with Gasteiger partial charge in [0, 0.05) is 5.46 Å². The van der Waals surface area contributed by atoms with Crippen molar-refractivity contribution >= 4 is 28.5 Å². The van der Waals surface area contributed by atoms with E-state index in [9.17, 15) is 10.0 Å². The quantitative estimate of drug-likeness (QED) is 0.773. The van der Waals surface area contributed by atoms with Gasteiger partial charge in [0.25, 0.3) is 0 Å². The summed E-state index contributed by atoms with van der Waals surface area (Å²) in [6.07, 6.45) is 0. The molecule has 1 rings (SSSR count). The Morgan fingerprint density at radius 2 is 1.62 bits per heavy atom. The highest BCUT2D eigenvalue weighted by Gasteiger charge is 2.24. The van der Waals surface area contributed by atoms with Gasteiger partial charge in [0.1, 0.15) is 0 Å². The highest BCUT2D eigenvalue weighted by Crippen LogP contribution is 2.41. The monoisotopic (exact) mass is 290 g/mol. The summed E-state index contributed by atoms with van der Waals surface area (Å²) < 4.78 is 15.8. The lowest BCUT2D eigenvalue weighted by molar-refractivity contribution is 0.323. The molecule has 16 heavy (non-hydrogen) atoms. The van der Waals surface area contributed by atoms with Crippen LogP contribution in [0.5, 0.6) is 17.2 Å². The average molecular weight is 291 g/mol. The van der Waals surface area contributed by atoms with Gasteiger partial charge >= 0.3 is 7.12 Å². The van der Waals surface area contributed by atoms with Crippen molar-refractivity contribution < 1.29 is 24.3 Å². The molecule has 0 atom stereocenters. The van der Waals surface area contributed by atoms with Crippen molar-refractivity contribution in [1.29, 1.82) is 0 Å². The Kier molecular flexibility index (Phi) is 4.46. The molecule has 0 bridgehead atoms. The SMILES string of the molecule is COc1cc(B(O)O)c(Br)c(OC)c1OC. The summed E-state index contributed by atoms with van der Waals surface area (Å²) in [6, 6.07) is 1.47. The molecule has 0 amide bonds. The normalized spacial score (nSPS) is 9.88. The summed E-state index contributed by atoms with van der Waals surface area (Å²) in [6.45, 7) is 0. The molecule has 0 aliphatic heterocycles. The molecule has 0 saturated carbocycles. The lowest BCUT2D eigenvalue weighted by atomic mass is 9.80. The zero-order valence-electron chi connectivity index (χ0n) is 9.15. The molecule has 1 aromatic rings. The van der Waals surface area contributed by atoms with Gasteiger partial charge in [0.2, 0.25) is 5.75 Å². The van der Waals surface area contributed by atoms with Gasteiger partial charge in [-0.05, 0) is 22.0 Å². The Bertz CT molecular complexity index is 383. The maximum absolute atomic E-state index is 9.18. The number of hydrogen-bond donors (Lipinski definition) is 2. The smallest absolute Gasteiger partial charge is 0.489 e. The lowest BCUT2D eigenvalue weighted by Crippen LogP contribution is -2.31. The summed E-state index contributed by atoms with van der Waals surface area (Å²) >= 11 is 3.22. The third kappa shape index (κ3) is 2.26. The Morgan fingerprint density at radius 3 is 2.00 bits per heavy atom. The van der Waals surface area contributed by atoms with Gasteiger partial charge in [-0.2, -0.15) is 0 Å². The van der Waals surface area contributed by atoms with E-state index in [-0.39, 0.29) is 5.46 Å². The fraction of sp³-hybridized carbons (Fsp3) is 0.333. The van der Waals surface area contributed by atoms with Crippen molar-refractivity contribution in [3.8, 4) is 17.2 Å². The van der Waals surface area contributed by atoms with Crippen LogP contribution in [0.2, 0.25) is 0 Å². The topological polar surface area (TPSA) is 68.2 Å². The second kappa shape index (κ2) is 5.42. The van der Waals surface area contributed by atoms with Crippen molar-refractivity contribution in [2.45, 2.75) is 0 Å². The number of hydrogen-bond acceptors (Lipinski definition) is 5. The molecule has 0 aliphatic carbocycles. The zero-order valence-corrected chi connectivity index (χ0v) is 10.7. The van der Waals surface area contributed by atoms with Crippen LogP contribution < -0.4 is 19.7 Å². The molecule has 88 valence electrons. The molecule has 0 spiro atoms. The maximum Gasteiger partial charge on any atom is 0.489 e. The van der Waals surface area contributed by atoms with Crippen molar-refractivity contribution in [2.75, 3.05) is 21.3 Å². The average Bonchev–Trinajstić information content (AvgIpc) is 2.27. The number of benzene rings is 1. The summed E-state index contributed by atoms with van der Waals surface area (Å²) in [5, 5.41) is 18.4. The fourth-order valence-electron chi connectivity index (χ4n) is 1.33. The maximum atomic E-state index is 9.18. The zero-order chi connectivity index (χ0) is 12.3. The van der Waals surface area contributed by atoms with Crippen LogP contribution in [0, 0.1) is 0 Å². The van der Waals surface area contributed by atoms with Crippen molar-refractivity contribution in [2.24, 2.45) is 0 Å². The van der Waals surface area contributed by atoms with Crippen LogP contribution in [0.15, 0.2) is 10.5 Å². The van der Waals surface area contributed by atoms with E-state index in [1.165, 1.54) is 27.4 Å². The van der Waals surface area contributed by atoms with E-state index in [1.807, 2.05) is 0 Å². The minimum Gasteiger partial charge on any atom is -0.493 e. The highest BCUT2D eigenvalue weighted by molar-refractivity contribution is 9.10. The largest absolute Gasteiger partial charge is 0.493 e. The van der Waals surface area contributed by atoms with E-state index in [2.05, 4.69) is 15.9 Å². The molecule has 0 heterocycles. The first kappa shape index (κ1) is 13.2. The molecular formula is C9H12BBrO5. The molecule has 7 heteroatoms. The predicted molar refractivity (Wildman–Crippen MR) is 63.6 cm³/mol. The molecule has 0 aliphatic rings. The molecule has 1 aromatic carbocycles. The van der Waals surface area contributed by atoms with Crippen LogP contribution in [0.4, 0.5) is 0 Å². The summed E-state index contributed by atoms with van der Waals surface area (Å²) in [4.78, 5) is 0. The molecule has 0 fully saturated rings. The van der Waals surface area contributed by atoms with E-state index >= 15 is 0 Å². The van der Waals surface area contributed by atoms with Gasteiger partial charge in [-0.25, -0.2) is 0 Å². The molecule has 2 N–H and O–H groups in total. The minimum absolute atomic E-state index is 0.245. The standard InChI is InChI=1S/C9H12BBrO5/c1-14-6-4-5(10(12)13)7(11)9(16-3)8(6)15-2/h4,12-13H,1-3H3. The lowest BCUT2D eigenvalue weighted by Gasteiger charge is -2.16. The van der Waals surface area contributed by atoms with Gasteiger partial charge in [-0.3, -0.25) is 0 Å². The Morgan fingerprint density at radius 1 is 1.06 bits per heavy atom. The molecule has 0 radical (unpaired) electrons. The minimum atomic E-state index is -1.62. The number of methoxy groups -OCH3 is 3. The molecular weight excluding hydrogens is 279 g/mol. The van der Waals surface area contributed by atoms with Crippen molar-refractivity contribution in [3.05, 3.63) is 10.5 Å². The number of rotatable bonds is 4. The van der Waals surface area contributed by atoms with Crippen LogP contribution >= 0.6 is 15.9 Å². The Labute approximate surface area is 102 Å². The Balaban J connectivity index is 3.48. The van der Waals surface area contributed by atoms with Gasteiger partial charge in [-0.15, -0.1) is 0 Å². The second-order valence-electron chi connectivity index (χ2n) is 2.92. The summed E-state index contributed by atoms with van der Waals surface area (Å²) in [7, 11) is 2.76. The van der Waals surface area contributed by atoms with E-state index in [1.54, 1.807) is 0 Å². The first-order valence-corrected chi connectivity index (χ1v) is 5.20. The van der Waals surface area contributed by atoms with Gasteiger partial charge in [0.05, 0.1) is 25.8 Å². The van der Waals surface area contributed by atoms with Crippen LogP contribution in [0.1, 0.15) is 0 Å². The van der Waals surface area contributed by atoms with E-state index in [0.29, 0.717) is 21.7 Å². The molecule has 0 saturated heterocycles. The highest BCUT2D eigenvalue weighted by atomic mass is 79.9. The summed E-state index contributed by atoms with van der Waals surface area (Å²) in [5.74, 6) is 1.11. The van der Waals surface area contributed by atoms with Gasteiger partial charge in [0.15, 0.2) is 11.5 Å². The third-order valence-electron chi connectivity index (χ3n) is 2.08. The first-order valence-electron chi connectivity index (χ1n) is 4.41. The fourth-order valence-corrected chi connectivity index (χ4v) is 1.99. The van der Waals surface area contributed by atoms with Crippen LogP contribution in [-0.4, -0.2) is 38.5 Å². The van der Waals surface area contributed by atoms with Gasteiger partial charge < -0.3 is 24.3 Å². The number of ether oxygens (including phenoxy) is 3. The van der Waals surface area contributed by atoms with E-state index in [0.717, 1.165) is 0 Å². The van der Waals surface area contributed by atoms with Crippen molar-refractivity contribution in [3.63, 3.8) is 0 Å². The number of halogens is 1. The predicted octanol–water partition coefficient (Wildman–Crippen LogP) is 0.155. The summed E-state index contributed by atoms with van der Waals surface area (Å²) in [5.41, 5.74) is 0.245. The first-order chi connectivity index (χ1) is 7.56.